The van der Waals surface area contributed by atoms with Gasteiger partial charge < -0.3 is 42.9 Å². The molecule has 1 aliphatic heterocycles. The molecule has 0 aromatic carbocycles. The van der Waals surface area contributed by atoms with Gasteiger partial charge in [0.25, 0.3) is 0 Å². The van der Waals surface area contributed by atoms with E-state index in [0.717, 1.165) is 0 Å². The summed E-state index contributed by atoms with van der Waals surface area (Å²) in [6.07, 6.45) is 1.44. The molecule has 1 aliphatic rings. The number of carboxylic acids is 1. The smallest absolute Gasteiger partial charge is 0.326 e. The minimum atomic E-state index is -1.22. The van der Waals surface area contributed by atoms with E-state index in [1.54, 1.807) is 0 Å². The zero-order valence-electron chi connectivity index (χ0n) is 16.0. The maximum atomic E-state index is 12.3. The van der Waals surface area contributed by atoms with Crippen LogP contribution in [0.25, 0.3) is 0 Å². The molecule has 0 radical (unpaired) electrons. The summed E-state index contributed by atoms with van der Waals surface area (Å²) >= 11 is 0. The Morgan fingerprint density at radius 1 is 1.24 bits per heavy atom. The zero-order chi connectivity index (χ0) is 22.0. The van der Waals surface area contributed by atoms with E-state index in [0.29, 0.717) is 25.8 Å². The minimum absolute atomic E-state index is 0.107. The van der Waals surface area contributed by atoms with E-state index in [2.05, 4.69) is 15.6 Å². The summed E-state index contributed by atoms with van der Waals surface area (Å²) < 4.78 is 0. The highest BCUT2D eigenvalue weighted by atomic mass is 16.4. The molecule has 164 valence electrons. The Balaban J connectivity index is 2.50. The van der Waals surface area contributed by atoms with E-state index >= 15 is 0 Å². The fourth-order valence-corrected chi connectivity index (χ4v) is 2.89. The first-order valence-electron chi connectivity index (χ1n) is 9.19. The number of hydrogen-bond acceptors (Lipinski definition) is 7. The van der Waals surface area contributed by atoms with Gasteiger partial charge in [-0.1, -0.05) is 0 Å². The van der Waals surface area contributed by atoms with Crippen molar-refractivity contribution in [2.45, 2.75) is 43.8 Å². The van der Waals surface area contributed by atoms with Crippen LogP contribution in [0, 0.1) is 0 Å². The standard InChI is InChI=1S/C16H29N7O6/c17-9(8-24)14(27)23-6-2-4-11(23)13(26)21-7-12(25)22-10(15(28)29)3-1-5-20-16(18)19/h9-11,24H,1-8,17H2,(H,21,26)(H,22,25)(H,28,29)(H4,18,19,20). The third-order valence-electron chi connectivity index (χ3n) is 4.35. The number of aliphatic hydroxyl groups excluding tert-OH is 1. The molecule has 0 aliphatic carbocycles. The summed E-state index contributed by atoms with van der Waals surface area (Å²) in [5.74, 6) is -3.10. The van der Waals surface area contributed by atoms with E-state index in [9.17, 15) is 24.3 Å². The molecule has 0 saturated carbocycles. The third-order valence-corrected chi connectivity index (χ3v) is 4.35. The van der Waals surface area contributed by atoms with Crippen molar-refractivity contribution in [2.24, 2.45) is 22.2 Å². The Kier molecular flexibility index (Phi) is 9.82. The van der Waals surface area contributed by atoms with Crippen molar-refractivity contribution in [2.75, 3.05) is 26.2 Å². The van der Waals surface area contributed by atoms with Gasteiger partial charge in [-0.3, -0.25) is 19.4 Å². The van der Waals surface area contributed by atoms with Crippen LogP contribution in [-0.4, -0.2) is 89.1 Å². The number of guanidine groups is 1. The minimum Gasteiger partial charge on any atom is -0.480 e. The number of aliphatic hydroxyl groups is 1. The molecule has 13 nitrogen and oxygen atoms in total. The quantitative estimate of drug-likeness (QED) is 0.0990. The van der Waals surface area contributed by atoms with Gasteiger partial charge in [0, 0.05) is 13.1 Å². The Morgan fingerprint density at radius 3 is 2.52 bits per heavy atom. The lowest BCUT2D eigenvalue weighted by Gasteiger charge is -2.26. The molecule has 3 amide bonds. The number of aliphatic carboxylic acids is 1. The summed E-state index contributed by atoms with van der Waals surface area (Å²) in [6.45, 7) is -0.430. The maximum Gasteiger partial charge on any atom is 0.326 e. The van der Waals surface area contributed by atoms with Crippen LogP contribution in [0.1, 0.15) is 25.7 Å². The van der Waals surface area contributed by atoms with Gasteiger partial charge in [0.1, 0.15) is 18.1 Å². The number of carbonyl (C=O) groups excluding carboxylic acids is 3. The monoisotopic (exact) mass is 415 g/mol. The highest BCUT2D eigenvalue weighted by molar-refractivity contribution is 5.93. The average molecular weight is 415 g/mol. The van der Waals surface area contributed by atoms with Crippen molar-refractivity contribution in [3.63, 3.8) is 0 Å². The number of likely N-dealkylation sites (tertiary alicyclic amines) is 1. The first-order valence-corrected chi connectivity index (χ1v) is 9.19. The van der Waals surface area contributed by atoms with Gasteiger partial charge >= 0.3 is 5.97 Å². The number of nitrogens with one attached hydrogen (secondary N) is 2. The van der Waals surface area contributed by atoms with Gasteiger partial charge in [-0.2, -0.15) is 0 Å². The first-order chi connectivity index (χ1) is 13.7. The second-order valence-corrected chi connectivity index (χ2v) is 6.60. The molecule has 1 heterocycles. The fraction of sp³-hybridized carbons (Fsp3) is 0.688. The highest BCUT2D eigenvalue weighted by Crippen LogP contribution is 2.18. The van der Waals surface area contributed by atoms with Crippen LogP contribution >= 0.6 is 0 Å². The molecule has 0 aromatic rings. The van der Waals surface area contributed by atoms with Crippen LogP contribution < -0.4 is 27.8 Å². The van der Waals surface area contributed by atoms with Gasteiger partial charge in [-0.05, 0) is 25.7 Å². The Morgan fingerprint density at radius 2 is 1.93 bits per heavy atom. The first kappa shape index (κ1) is 24.1. The number of carbonyl (C=O) groups is 4. The predicted octanol–water partition coefficient (Wildman–Crippen LogP) is -3.96. The number of rotatable bonds is 11. The van der Waals surface area contributed by atoms with Crippen molar-refractivity contribution in [3.05, 3.63) is 0 Å². The summed E-state index contributed by atoms with van der Waals surface area (Å²) in [5.41, 5.74) is 15.9. The molecule has 3 atom stereocenters. The van der Waals surface area contributed by atoms with Crippen molar-refractivity contribution >= 4 is 29.7 Å². The number of amides is 3. The van der Waals surface area contributed by atoms with Gasteiger partial charge in [0.2, 0.25) is 17.7 Å². The molecule has 0 spiro atoms. The molecule has 0 bridgehead atoms. The van der Waals surface area contributed by atoms with Crippen molar-refractivity contribution in [1.29, 1.82) is 0 Å². The van der Waals surface area contributed by atoms with E-state index < -0.39 is 55.0 Å². The largest absolute Gasteiger partial charge is 0.480 e. The summed E-state index contributed by atoms with van der Waals surface area (Å²) in [4.78, 5) is 52.7. The van der Waals surface area contributed by atoms with Gasteiger partial charge in [0.05, 0.1) is 13.2 Å². The molecular formula is C16H29N7O6. The lowest BCUT2D eigenvalue weighted by atomic mass is 10.1. The Hall–Kier alpha value is -2.93. The Bertz CT molecular complexity index is 637. The van der Waals surface area contributed by atoms with Crippen molar-refractivity contribution in [1.82, 2.24) is 15.5 Å². The number of carboxylic acid groups (broad SMARTS) is 1. The predicted molar refractivity (Wildman–Crippen MR) is 102 cm³/mol. The summed E-state index contributed by atoms with van der Waals surface area (Å²) in [6, 6.07) is -3.05. The SMILES string of the molecule is NC(N)=NCCCC(NC(=O)CNC(=O)C1CCCN1C(=O)C(N)CO)C(=O)O. The molecule has 1 fully saturated rings. The number of aliphatic imine (C=N–C) groups is 1. The van der Waals surface area contributed by atoms with E-state index in [1.807, 2.05) is 0 Å². The molecule has 1 rings (SSSR count). The number of hydrogen-bond donors (Lipinski definition) is 7. The molecule has 13 heteroatoms. The van der Waals surface area contributed by atoms with Gasteiger partial charge in [0.15, 0.2) is 5.96 Å². The van der Waals surface area contributed by atoms with Crippen molar-refractivity contribution in [3.8, 4) is 0 Å². The normalized spacial score (nSPS) is 17.9. The lowest BCUT2D eigenvalue weighted by Crippen LogP contribution is -2.53. The topological polar surface area (TPSA) is 226 Å². The van der Waals surface area contributed by atoms with Crippen LogP contribution in [0.3, 0.4) is 0 Å². The molecule has 1 saturated heterocycles. The van der Waals surface area contributed by atoms with Gasteiger partial charge in [-0.25, -0.2) is 4.79 Å². The average Bonchev–Trinajstić information content (AvgIpc) is 3.16. The van der Waals surface area contributed by atoms with Crippen molar-refractivity contribution < 1.29 is 29.4 Å². The van der Waals surface area contributed by atoms with Crippen LogP contribution in [0.2, 0.25) is 0 Å². The second kappa shape index (κ2) is 11.8. The number of nitrogens with two attached hydrogens (primary N) is 3. The van der Waals surface area contributed by atoms with Crippen LogP contribution in [0.4, 0.5) is 0 Å². The summed E-state index contributed by atoms with van der Waals surface area (Å²) in [7, 11) is 0. The van der Waals surface area contributed by atoms with E-state index in [1.165, 1.54) is 4.90 Å². The molecule has 29 heavy (non-hydrogen) atoms. The Labute approximate surface area is 167 Å². The van der Waals surface area contributed by atoms with Crippen LogP contribution in [-0.2, 0) is 19.2 Å². The van der Waals surface area contributed by atoms with Crippen LogP contribution in [0.15, 0.2) is 4.99 Å². The highest BCUT2D eigenvalue weighted by Gasteiger charge is 2.36. The molecular weight excluding hydrogens is 386 g/mol. The molecule has 3 unspecified atom stereocenters. The third kappa shape index (κ3) is 7.91. The van der Waals surface area contributed by atoms with Crippen LogP contribution in [0.5, 0.6) is 0 Å². The summed E-state index contributed by atoms with van der Waals surface area (Å²) in [5, 5.41) is 22.9. The zero-order valence-corrected chi connectivity index (χ0v) is 16.0. The second-order valence-electron chi connectivity index (χ2n) is 6.60. The fourth-order valence-electron chi connectivity index (χ4n) is 2.89. The van der Waals surface area contributed by atoms with Gasteiger partial charge in [-0.15, -0.1) is 0 Å². The lowest BCUT2D eigenvalue weighted by molar-refractivity contribution is -0.142. The number of nitrogens with zero attached hydrogens (tertiary/aromatic N) is 2. The van der Waals surface area contributed by atoms with E-state index in [4.69, 9.17) is 22.3 Å². The molecule has 10 N–H and O–H groups in total. The maximum absolute atomic E-state index is 12.3. The van der Waals surface area contributed by atoms with E-state index in [-0.39, 0.29) is 18.9 Å². The molecule has 0 aromatic heterocycles.